The van der Waals surface area contributed by atoms with Crippen molar-refractivity contribution in [2.75, 3.05) is 11.9 Å². The van der Waals surface area contributed by atoms with E-state index in [-0.39, 0.29) is 11.8 Å². The number of benzene rings is 2. The quantitative estimate of drug-likeness (QED) is 0.732. The van der Waals surface area contributed by atoms with Crippen LogP contribution in [0.2, 0.25) is 0 Å². The van der Waals surface area contributed by atoms with E-state index in [1.807, 2.05) is 45.9 Å². The molecule has 2 aromatic rings. The molecule has 27 heavy (non-hydrogen) atoms. The first-order valence-corrected chi connectivity index (χ1v) is 9.38. The Morgan fingerprint density at radius 2 is 1.78 bits per heavy atom. The monoisotopic (exact) mass is 368 g/mol. The van der Waals surface area contributed by atoms with Crippen LogP contribution in [-0.2, 0) is 4.79 Å². The van der Waals surface area contributed by atoms with Crippen LogP contribution >= 0.6 is 0 Å². The van der Waals surface area contributed by atoms with Gasteiger partial charge in [0.1, 0.15) is 5.75 Å². The summed E-state index contributed by atoms with van der Waals surface area (Å²) in [7, 11) is 0. The number of hydrogen-bond acceptors (Lipinski definition) is 3. The molecule has 0 heterocycles. The van der Waals surface area contributed by atoms with Crippen molar-refractivity contribution in [2.45, 2.75) is 46.6 Å². The first-order valence-electron chi connectivity index (χ1n) is 9.38. The molecule has 0 aliphatic rings. The topological polar surface area (TPSA) is 67.4 Å². The molecular weight excluding hydrogens is 340 g/mol. The third-order valence-corrected chi connectivity index (χ3v) is 4.39. The lowest BCUT2D eigenvalue weighted by molar-refractivity contribution is -0.122. The fourth-order valence-corrected chi connectivity index (χ4v) is 2.61. The number of nitrogens with one attached hydrogen (secondary N) is 2. The molecule has 0 bridgehead atoms. The van der Waals surface area contributed by atoms with E-state index in [1.54, 1.807) is 24.3 Å². The van der Waals surface area contributed by atoms with Gasteiger partial charge in [0.25, 0.3) is 11.8 Å². The Morgan fingerprint density at radius 1 is 1.04 bits per heavy atom. The Morgan fingerprint density at radius 3 is 2.44 bits per heavy atom. The number of anilines is 1. The fraction of sp³-hybridized carbons (Fsp3) is 0.364. The first kappa shape index (κ1) is 20.5. The molecule has 2 amide bonds. The minimum absolute atomic E-state index is 0.198. The first-order chi connectivity index (χ1) is 13.0. The molecule has 0 aromatic heterocycles. The van der Waals surface area contributed by atoms with Gasteiger partial charge in [0, 0.05) is 6.54 Å². The lowest BCUT2D eigenvalue weighted by atomic mass is 10.1. The average molecular weight is 368 g/mol. The fourth-order valence-electron chi connectivity index (χ4n) is 2.61. The van der Waals surface area contributed by atoms with Gasteiger partial charge in [0.05, 0.1) is 11.3 Å². The maximum Gasteiger partial charge on any atom is 0.265 e. The van der Waals surface area contributed by atoms with Gasteiger partial charge in [-0.3, -0.25) is 9.59 Å². The number of carbonyl (C=O) groups is 2. The predicted molar refractivity (Wildman–Crippen MR) is 108 cm³/mol. The minimum atomic E-state index is -0.640. The van der Waals surface area contributed by atoms with E-state index in [4.69, 9.17) is 4.74 Å². The molecule has 0 saturated heterocycles. The highest BCUT2D eigenvalue weighted by Gasteiger charge is 2.21. The molecule has 0 aliphatic heterocycles. The maximum atomic E-state index is 12.7. The Bertz CT molecular complexity index is 802. The van der Waals surface area contributed by atoms with Crippen LogP contribution in [0.4, 0.5) is 5.69 Å². The molecule has 5 nitrogen and oxygen atoms in total. The summed E-state index contributed by atoms with van der Waals surface area (Å²) >= 11 is 0. The third-order valence-electron chi connectivity index (χ3n) is 4.39. The molecule has 0 radical (unpaired) electrons. The zero-order valence-electron chi connectivity index (χ0n) is 16.5. The summed E-state index contributed by atoms with van der Waals surface area (Å²) in [5.74, 6) is 0.191. The summed E-state index contributed by atoms with van der Waals surface area (Å²) in [4.78, 5) is 25.0. The Labute approximate surface area is 161 Å². The molecule has 1 atom stereocenters. The molecule has 2 aromatic carbocycles. The van der Waals surface area contributed by atoms with Crippen LogP contribution in [0, 0.1) is 13.8 Å². The number of amides is 2. The molecule has 5 heteroatoms. The lowest BCUT2D eigenvalue weighted by Gasteiger charge is -2.19. The minimum Gasteiger partial charge on any atom is -0.481 e. The molecule has 2 rings (SSSR count). The summed E-state index contributed by atoms with van der Waals surface area (Å²) in [6, 6.07) is 12.8. The van der Waals surface area contributed by atoms with E-state index >= 15 is 0 Å². The Hall–Kier alpha value is -2.82. The molecule has 0 saturated carbocycles. The van der Waals surface area contributed by atoms with E-state index < -0.39 is 6.10 Å². The second-order valence-electron chi connectivity index (χ2n) is 6.55. The van der Waals surface area contributed by atoms with Gasteiger partial charge >= 0.3 is 0 Å². The number of hydrogen-bond donors (Lipinski definition) is 2. The van der Waals surface area contributed by atoms with Crippen molar-refractivity contribution >= 4 is 17.5 Å². The van der Waals surface area contributed by atoms with Gasteiger partial charge in [0.2, 0.25) is 0 Å². The van der Waals surface area contributed by atoms with Crippen LogP contribution in [0.3, 0.4) is 0 Å². The number of carbonyl (C=O) groups excluding carboxylic acids is 2. The Kier molecular flexibility index (Phi) is 7.41. The van der Waals surface area contributed by atoms with Crippen molar-refractivity contribution in [3.05, 3.63) is 59.2 Å². The van der Waals surface area contributed by atoms with E-state index in [0.717, 1.165) is 12.0 Å². The average Bonchev–Trinajstić information content (AvgIpc) is 2.67. The lowest BCUT2D eigenvalue weighted by Crippen LogP contribution is -2.33. The Balaban J connectivity index is 2.12. The number of ether oxygens (including phenoxy) is 1. The molecule has 144 valence electrons. The van der Waals surface area contributed by atoms with Gasteiger partial charge in [0.15, 0.2) is 6.10 Å². The number of rotatable bonds is 8. The van der Waals surface area contributed by atoms with Crippen LogP contribution in [-0.4, -0.2) is 24.5 Å². The predicted octanol–water partition coefficient (Wildman–Crippen LogP) is 4.24. The third kappa shape index (κ3) is 5.58. The SMILES string of the molecule is CCCNC(=O)c1ccccc1NC(=O)[C@H](CC)Oc1ccc(C)c(C)c1. The smallest absolute Gasteiger partial charge is 0.265 e. The van der Waals surface area contributed by atoms with E-state index in [0.29, 0.717) is 30.0 Å². The van der Waals surface area contributed by atoms with Crippen LogP contribution in [0.1, 0.15) is 48.2 Å². The van der Waals surface area contributed by atoms with Gasteiger partial charge in [-0.25, -0.2) is 0 Å². The van der Waals surface area contributed by atoms with Crippen LogP contribution in [0.15, 0.2) is 42.5 Å². The van der Waals surface area contributed by atoms with Gasteiger partial charge in [-0.05, 0) is 62.1 Å². The highest BCUT2D eigenvalue weighted by atomic mass is 16.5. The van der Waals surface area contributed by atoms with Crippen molar-refractivity contribution in [1.29, 1.82) is 0 Å². The van der Waals surface area contributed by atoms with Crippen molar-refractivity contribution in [1.82, 2.24) is 5.32 Å². The molecule has 2 N–H and O–H groups in total. The van der Waals surface area contributed by atoms with Gasteiger partial charge in [-0.15, -0.1) is 0 Å². The molecular formula is C22H28N2O3. The van der Waals surface area contributed by atoms with Crippen molar-refractivity contribution in [3.8, 4) is 5.75 Å². The second kappa shape index (κ2) is 9.76. The highest BCUT2D eigenvalue weighted by Crippen LogP contribution is 2.20. The molecule has 0 aliphatic carbocycles. The van der Waals surface area contributed by atoms with Crippen LogP contribution in [0.5, 0.6) is 5.75 Å². The maximum absolute atomic E-state index is 12.7. The molecule has 0 spiro atoms. The van der Waals surface area contributed by atoms with Crippen molar-refractivity contribution in [2.24, 2.45) is 0 Å². The van der Waals surface area contributed by atoms with Gasteiger partial charge < -0.3 is 15.4 Å². The second-order valence-corrected chi connectivity index (χ2v) is 6.55. The largest absolute Gasteiger partial charge is 0.481 e. The van der Waals surface area contributed by atoms with Crippen LogP contribution < -0.4 is 15.4 Å². The van der Waals surface area contributed by atoms with Gasteiger partial charge in [-0.2, -0.15) is 0 Å². The summed E-state index contributed by atoms with van der Waals surface area (Å²) in [5.41, 5.74) is 3.21. The normalized spacial score (nSPS) is 11.6. The highest BCUT2D eigenvalue weighted by molar-refractivity contribution is 6.04. The van der Waals surface area contributed by atoms with E-state index in [9.17, 15) is 9.59 Å². The molecule has 0 fully saturated rings. The number of para-hydroxylation sites is 1. The van der Waals surface area contributed by atoms with E-state index in [1.165, 1.54) is 5.56 Å². The zero-order valence-corrected chi connectivity index (χ0v) is 16.5. The zero-order chi connectivity index (χ0) is 19.8. The van der Waals surface area contributed by atoms with Gasteiger partial charge in [-0.1, -0.05) is 32.0 Å². The van der Waals surface area contributed by atoms with Crippen LogP contribution in [0.25, 0.3) is 0 Å². The molecule has 0 unspecified atom stereocenters. The standard InChI is InChI=1S/C22H28N2O3/c1-5-13-23-21(25)18-9-7-8-10-19(18)24-22(26)20(6-2)27-17-12-11-15(3)16(4)14-17/h7-12,14,20H,5-6,13H2,1-4H3,(H,23,25)(H,24,26)/t20-/m0/s1. The number of aryl methyl sites for hydroxylation is 2. The summed E-state index contributed by atoms with van der Waals surface area (Å²) in [6.07, 6.45) is 0.726. The summed E-state index contributed by atoms with van der Waals surface area (Å²) in [6.45, 7) is 8.52. The summed E-state index contributed by atoms with van der Waals surface area (Å²) in [5, 5.41) is 5.68. The van der Waals surface area contributed by atoms with Crippen molar-refractivity contribution < 1.29 is 14.3 Å². The van der Waals surface area contributed by atoms with Crippen molar-refractivity contribution in [3.63, 3.8) is 0 Å². The summed E-state index contributed by atoms with van der Waals surface area (Å²) < 4.78 is 5.89. The van der Waals surface area contributed by atoms with E-state index in [2.05, 4.69) is 10.6 Å².